The van der Waals surface area contributed by atoms with E-state index >= 15 is 0 Å². The predicted octanol–water partition coefficient (Wildman–Crippen LogP) is 4.09. The summed E-state index contributed by atoms with van der Waals surface area (Å²) in [5.41, 5.74) is 3.59. The molecule has 2 heterocycles. The monoisotopic (exact) mass is 373 g/mol. The van der Waals surface area contributed by atoms with Crippen molar-refractivity contribution in [1.29, 1.82) is 0 Å². The van der Waals surface area contributed by atoms with Crippen LogP contribution in [-0.2, 0) is 4.79 Å². The molecule has 0 saturated carbocycles. The fourth-order valence-electron chi connectivity index (χ4n) is 3.12. The number of rotatable bonds is 3. The van der Waals surface area contributed by atoms with Crippen molar-refractivity contribution in [2.45, 2.75) is 13.8 Å². The molecule has 0 spiro atoms. The summed E-state index contributed by atoms with van der Waals surface area (Å²) in [7, 11) is 0. The predicted molar refractivity (Wildman–Crippen MR) is 107 cm³/mol. The van der Waals surface area contributed by atoms with Gasteiger partial charge in [-0.25, -0.2) is 4.98 Å². The van der Waals surface area contributed by atoms with E-state index in [-0.39, 0.29) is 24.2 Å². The van der Waals surface area contributed by atoms with Gasteiger partial charge in [-0.05, 0) is 55.3 Å². The first-order chi connectivity index (χ1) is 13.5. The number of carbonyl (C=O) groups excluding carboxylic acids is 2. The summed E-state index contributed by atoms with van der Waals surface area (Å²) >= 11 is 0. The number of hydrogen-bond donors (Lipinski definition) is 1. The van der Waals surface area contributed by atoms with Crippen LogP contribution in [0.15, 0.2) is 60.8 Å². The SMILES string of the molecule is Cc1ccc(C)c(NC(=O)CN2C(=O)c3cccnc3Oc3ccccc32)c1. The maximum absolute atomic E-state index is 13.1. The summed E-state index contributed by atoms with van der Waals surface area (Å²) in [5.74, 6) is 0.0959. The lowest BCUT2D eigenvalue weighted by atomic mass is 10.1. The molecule has 0 atom stereocenters. The van der Waals surface area contributed by atoms with Crippen LogP contribution in [0.3, 0.4) is 0 Å². The molecule has 1 aliphatic rings. The van der Waals surface area contributed by atoms with Crippen molar-refractivity contribution in [2.24, 2.45) is 0 Å². The maximum atomic E-state index is 13.1. The van der Waals surface area contributed by atoms with E-state index in [1.54, 1.807) is 36.5 Å². The van der Waals surface area contributed by atoms with Crippen LogP contribution in [0.1, 0.15) is 21.5 Å². The number of hydrogen-bond acceptors (Lipinski definition) is 4. The van der Waals surface area contributed by atoms with E-state index in [4.69, 9.17) is 4.74 Å². The van der Waals surface area contributed by atoms with Crippen LogP contribution in [0.5, 0.6) is 11.6 Å². The summed E-state index contributed by atoms with van der Waals surface area (Å²) in [4.78, 5) is 31.5. The Morgan fingerprint density at radius 3 is 2.79 bits per heavy atom. The van der Waals surface area contributed by atoms with Crippen LogP contribution in [-0.4, -0.2) is 23.3 Å². The molecule has 1 aromatic heterocycles. The first-order valence-corrected chi connectivity index (χ1v) is 8.94. The molecule has 140 valence electrons. The molecule has 1 aliphatic heterocycles. The summed E-state index contributed by atoms with van der Waals surface area (Å²) in [6, 6.07) is 16.3. The first-order valence-electron chi connectivity index (χ1n) is 8.94. The Labute approximate surface area is 162 Å². The molecule has 2 aromatic carbocycles. The van der Waals surface area contributed by atoms with Gasteiger partial charge >= 0.3 is 0 Å². The number of pyridine rings is 1. The number of anilines is 2. The van der Waals surface area contributed by atoms with Crippen molar-refractivity contribution in [2.75, 3.05) is 16.8 Å². The second-order valence-corrected chi connectivity index (χ2v) is 6.68. The number of aromatic nitrogens is 1. The van der Waals surface area contributed by atoms with E-state index in [2.05, 4.69) is 10.3 Å². The zero-order valence-corrected chi connectivity index (χ0v) is 15.6. The summed E-state index contributed by atoms with van der Waals surface area (Å²) < 4.78 is 5.83. The van der Waals surface area contributed by atoms with Gasteiger partial charge in [0.1, 0.15) is 12.1 Å². The van der Waals surface area contributed by atoms with Crippen LogP contribution in [0.25, 0.3) is 0 Å². The summed E-state index contributed by atoms with van der Waals surface area (Å²) in [5, 5.41) is 2.90. The first kappa shape index (κ1) is 17.7. The molecule has 0 fully saturated rings. The molecule has 2 amide bonds. The van der Waals surface area contributed by atoms with Gasteiger partial charge in [0.2, 0.25) is 11.8 Å². The van der Waals surface area contributed by atoms with Gasteiger partial charge in [0.25, 0.3) is 5.91 Å². The van der Waals surface area contributed by atoms with E-state index in [0.717, 1.165) is 16.8 Å². The molecule has 1 N–H and O–H groups in total. The molecule has 0 bridgehead atoms. The second kappa shape index (κ2) is 7.15. The van der Waals surface area contributed by atoms with Crippen LogP contribution < -0.4 is 15.0 Å². The molecule has 3 aromatic rings. The number of fused-ring (bicyclic) bond motifs is 2. The highest BCUT2D eigenvalue weighted by molar-refractivity contribution is 6.12. The van der Waals surface area contributed by atoms with E-state index in [0.29, 0.717) is 17.0 Å². The fourth-order valence-corrected chi connectivity index (χ4v) is 3.12. The standard InChI is InChI=1S/C22H19N3O3/c1-14-9-10-15(2)17(12-14)24-20(26)13-25-18-7-3-4-8-19(18)28-21-16(22(25)27)6-5-11-23-21/h3-12H,13H2,1-2H3,(H,24,26). The van der Waals surface area contributed by atoms with Crippen molar-refractivity contribution < 1.29 is 14.3 Å². The van der Waals surface area contributed by atoms with Crippen LogP contribution in [0, 0.1) is 13.8 Å². The zero-order valence-electron chi connectivity index (χ0n) is 15.6. The van der Waals surface area contributed by atoms with E-state index in [1.807, 2.05) is 38.1 Å². The molecular weight excluding hydrogens is 354 g/mol. The third kappa shape index (κ3) is 3.32. The number of carbonyl (C=O) groups is 2. The Bertz CT molecular complexity index is 1080. The van der Waals surface area contributed by atoms with Gasteiger partial charge in [0, 0.05) is 11.9 Å². The Morgan fingerprint density at radius 1 is 1.11 bits per heavy atom. The molecule has 6 heteroatoms. The number of nitrogens with zero attached hydrogens (tertiary/aromatic N) is 2. The average Bonchev–Trinajstić information content (AvgIpc) is 2.80. The van der Waals surface area contributed by atoms with Crippen molar-refractivity contribution in [1.82, 2.24) is 4.98 Å². The Kier molecular flexibility index (Phi) is 4.53. The molecule has 0 radical (unpaired) electrons. The van der Waals surface area contributed by atoms with Gasteiger partial charge in [-0.15, -0.1) is 0 Å². The number of nitrogens with one attached hydrogen (secondary N) is 1. The topological polar surface area (TPSA) is 71.5 Å². The van der Waals surface area contributed by atoms with Crippen molar-refractivity contribution in [3.8, 4) is 11.6 Å². The fraction of sp³-hybridized carbons (Fsp3) is 0.136. The number of para-hydroxylation sites is 2. The summed E-state index contributed by atoms with van der Waals surface area (Å²) in [6.07, 6.45) is 1.57. The number of ether oxygens (including phenoxy) is 1. The quantitative estimate of drug-likeness (QED) is 0.751. The molecular formula is C22H19N3O3. The lowest BCUT2D eigenvalue weighted by Gasteiger charge is -2.21. The number of benzene rings is 2. The Balaban J connectivity index is 1.67. The molecule has 0 unspecified atom stereocenters. The molecule has 0 saturated heterocycles. The smallest absolute Gasteiger partial charge is 0.264 e. The molecule has 6 nitrogen and oxygen atoms in total. The van der Waals surface area contributed by atoms with E-state index in [9.17, 15) is 9.59 Å². The van der Waals surface area contributed by atoms with Crippen molar-refractivity contribution in [3.63, 3.8) is 0 Å². The third-order valence-electron chi connectivity index (χ3n) is 4.58. The average molecular weight is 373 g/mol. The van der Waals surface area contributed by atoms with Gasteiger partial charge < -0.3 is 10.1 Å². The summed E-state index contributed by atoms with van der Waals surface area (Å²) in [6.45, 7) is 3.75. The van der Waals surface area contributed by atoms with Crippen LogP contribution in [0.2, 0.25) is 0 Å². The van der Waals surface area contributed by atoms with Gasteiger partial charge in [-0.2, -0.15) is 0 Å². The lowest BCUT2D eigenvalue weighted by Crippen LogP contribution is -2.37. The highest BCUT2D eigenvalue weighted by Crippen LogP contribution is 2.37. The minimum absolute atomic E-state index is 0.138. The molecule has 28 heavy (non-hydrogen) atoms. The lowest BCUT2D eigenvalue weighted by molar-refractivity contribution is -0.114. The van der Waals surface area contributed by atoms with Crippen LogP contribution >= 0.6 is 0 Å². The highest BCUT2D eigenvalue weighted by atomic mass is 16.5. The van der Waals surface area contributed by atoms with Gasteiger partial charge in [0.15, 0.2) is 5.75 Å². The third-order valence-corrected chi connectivity index (χ3v) is 4.58. The van der Waals surface area contributed by atoms with Crippen molar-refractivity contribution >= 4 is 23.2 Å². The minimum Gasteiger partial charge on any atom is -0.436 e. The van der Waals surface area contributed by atoms with E-state index in [1.165, 1.54) is 4.90 Å². The maximum Gasteiger partial charge on any atom is 0.264 e. The Morgan fingerprint density at radius 2 is 1.93 bits per heavy atom. The highest BCUT2D eigenvalue weighted by Gasteiger charge is 2.30. The van der Waals surface area contributed by atoms with Crippen LogP contribution in [0.4, 0.5) is 11.4 Å². The zero-order chi connectivity index (χ0) is 19.7. The van der Waals surface area contributed by atoms with Gasteiger partial charge in [0.05, 0.1) is 5.69 Å². The Hall–Kier alpha value is -3.67. The van der Waals surface area contributed by atoms with Crippen molar-refractivity contribution in [3.05, 3.63) is 77.5 Å². The second-order valence-electron chi connectivity index (χ2n) is 6.68. The largest absolute Gasteiger partial charge is 0.436 e. The normalized spacial score (nSPS) is 12.5. The molecule has 4 rings (SSSR count). The minimum atomic E-state index is -0.329. The van der Waals surface area contributed by atoms with E-state index < -0.39 is 0 Å². The number of amides is 2. The number of aryl methyl sites for hydroxylation is 2. The van der Waals surface area contributed by atoms with Gasteiger partial charge in [-0.1, -0.05) is 24.3 Å². The van der Waals surface area contributed by atoms with Gasteiger partial charge in [-0.3, -0.25) is 14.5 Å². The molecule has 0 aliphatic carbocycles.